The Kier molecular flexibility index (Phi) is 3.41. The van der Waals surface area contributed by atoms with Gasteiger partial charge in [0, 0.05) is 42.5 Å². The molecule has 0 aliphatic carbocycles. The van der Waals surface area contributed by atoms with Crippen molar-refractivity contribution in [2.75, 3.05) is 13.1 Å². The fourth-order valence-electron chi connectivity index (χ4n) is 3.88. The number of aryl methyl sites for hydroxylation is 1. The van der Waals surface area contributed by atoms with Crippen LogP contribution in [0.1, 0.15) is 22.6 Å². The van der Waals surface area contributed by atoms with Gasteiger partial charge in [-0.25, -0.2) is 14.4 Å². The Hall–Kier alpha value is -2.64. The van der Waals surface area contributed by atoms with Crippen LogP contribution in [0.4, 0.5) is 4.39 Å². The number of ether oxygens (including phenoxy) is 1. The predicted octanol–water partition coefficient (Wildman–Crippen LogP) is 2.56. The van der Waals surface area contributed by atoms with Gasteiger partial charge in [-0.3, -0.25) is 10.00 Å². The lowest BCUT2D eigenvalue weighted by atomic mass is 9.87. The van der Waals surface area contributed by atoms with E-state index in [2.05, 4.69) is 25.1 Å². The van der Waals surface area contributed by atoms with Crippen LogP contribution >= 0.6 is 0 Å². The SMILES string of the molecule is Cc1ncc2c(n1)COC21CN(Cc2cn[nH]c2-c2ccc(F)cc2)C1. The van der Waals surface area contributed by atoms with Gasteiger partial charge in [0.15, 0.2) is 0 Å². The third kappa shape index (κ3) is 2.43. The van der Waals surface area contributed by atoms with Gasteiger partial charge in [-0.05, 0) is 31.2 Å². The van der Waals surface area contributed by atoms with E-state index < -0.39 is 0 Å². The average Bonchev–Trinajstić information content (AvgIpc) is 3.20. The molecule has 1 fully saturated rings. The summed E-state index contributed by atoms with van der Waals surface area (Å²) in [6.45, 7) is 4.82. The molecule has 1 aromatic carbocycles. The highest BCUT2D eigenvalue weighted by Gasteiger charge is 2.50. The number of halogens is 1. The molecule has 2 aromatic heterocycles. The lowest BCUT2D eigenvalue weighted by Gasteiger charge is -2.47. The topological polar surface area (TPSA) is 66.9 Å². The lowest BCUT2D eigenvalue weighted by molar-refractivity contribution is -0.145. The molecule has 1 N–H and O–H groups in total. The van der Waals surface area contributed by atoms with E-state index in [1.807, 2.05) is 19.3 Å². The van der Waals surface area contributed by atoms with Crippen LogP contribution in [0.2, 0.25) is 0 Å². The molecular formula is C19H18FN5O. The molecule has 132 valence electrons. The van der Waals surface area contributed by atoms with E-state index in [4.69, 9.17) is 4.74 Å². The third-order valence-corrected chi connectivity index (χ3v) is 5.17. The van der Waals surface area contributed by atoms with Crippen molar-refractivity contribution >= 4 is 0 Å². The maximum absolute atomic E-state index is 13.2. The highest BCUT2D eigenvalue weighted by atomic mass is 19.1. The molecule has 5 rings (SSSR count). The minimum Gasteiger partial charge on any atom is -0.361 e. The van der Waals surface area contributed by atoms with Crippen molar-refractivity contribution < 1.29 is 9.13 Å². The van der Waals surface area contributed by atoms with Crippen molar-refractivity contribution in [2.24, 2.45) is 0 Å². The summed E-state index contributed by atoms with van der Waals surface area (Å²) in [5, 5.41) is 7.20. The van der Waals surface area contributed by atoms with Crippen LogP contribution < -0.4 is 0 Å². The van der Waals surface area contributed by atoms with Gasteiger partial charge in [0.05, 0.1) is 24.2 Å². The Balaban J connectivity index is 1.32. The molecular weight excluding hydrogens is 333 g/mol. The number of aromatic nitrogens is 4. The quantitative estimate of drug-likeness (QED) is 0.786. The van der Waals surface area contributed by atoms with Crippen molar-refractivity contribution in [3.05, 3.63) is 65.1 Å². The third-order valence-electron chi connectivity index (χ3n) is 5.17. The average molecular weight is 351 g/mol. The zero-order valence-corrected chi connectivity index (χ0v) is 14.4. The van der Waals surface area contributed by atoms with E-state index in [1.165, 1.54) is 12.1 Å². The summed E-state index contributed by atoms with van der Waals surface area (Å²) in [5.74, 6) is 0.539. The van der Waals surface area contributed by atoms with E-state index >= 15 is 0 Å². The maximum Gasteiger partial charge on any atom is 0.125 e. The van der Waals surface area contributed by atoms with Crippen molar-refractivity contribution in [3.63, 3.8) is 0 Å². The number of H-pyrrole nitrogens is 1. The van der Waals surface area contributed by atoms with Crippen LogP contribution in [0.25, 0.3) is 11.3 Å². The fraction of sp³-hybridized carbons (Fsp3) is 0.316. The first-order valence-corrected chi connectivity index (χ1v) is 8.60. The number of aromatic amines is 1. The normalized spacial score (nSPS) is 18.1. The molecule has 1 spiro atoms. The summed E-state index contributed by atoms with van der Waals surface area (Å²) < 4.78 is 19.2. The summed E-state index contributed by atoms with van der Waals surface area (Å²) in [7, 11) is 0. The van der Waals surface area contributed by atoms with Crippen LogP contribution in [0.5, 0.6) is 0 Å². The van der Waals surface area contributed by atoms with Crippen LogP contribution in [0.3, 0.4) is 0 Å². The van der Waals surface area contributed by atoms with E-state index in [0.717, 1.165) is 53.5 Å². The van der Waals surface area contributed by atoms with Crippen LogP contribution in [0.15, 0.2) is 36.7 Å². The lowest BCUT2D eigenvalue weighted by Crippen LogP contribution is -2.58. The van der Waals surface area contributed by atoms with Gasteiger partial charge in [-0.2, -0.15) is 5.10 Å². The van der Waals surface area contributed by atoms with Gasteiger partial charge in [0.1, 0.15) is 17.2 Å². The number of rotatable bonds is 3. The molecule has 0 saturated carbocycles. The molecule has 2 aliphatic heterocycles. The van der Waals surface area contributed by atoms with Crippen molar-refractivity contribution in [1.82, 2.24) is 25.1 Å². The van der Waals surface area contributed by atoms with Crippen LogP contribution in [-0.2, 0) is 23.5 Å². The second-order valence-electron chi connectivity index (χ2n) is 6.98. The monoisotopic (exact) mass is 351 g/mol. The van der Waals surface area contributed by atoms with Gasteiger partial charge in [0.2, 0.25) is 0 Å². The fourth-order valence-corrected chi connectivity index (χ4v) is 3.88. The molecule has 0 atom stereocenters. The first-order chi connectivity index (χ1) is 12.6. The molecule has 0 radical (unpaired) electrons. The van der Waals surface area contributed by atoms with E-state index in [0.29, 0.717) is 6.61 Å². The van der Waals surface area contributed by atoms with Gasteiger partial charge in [-0.1, -0.05) is 0 Å². The van der Waals surface area contributed by atoms with Gasteiger partial charge in [-0.15, -0.1) is 0 Å². The van der Waals surface area contributed by atoms with Crippen molar-refractivity contribution in [1.29, 1.82) is 0 Å². The Morgan fingerprint density at radius 3 is 2.85 bits per heavy atom. The smallest absolute Gasteiger partial charge is 0.125 e. The summed E-state index contributed by atoms with van der Waals surface area (Å²) in [6.07, 6.45) is 3.74. The zero-order chi connectivity index (χ0) is 17.7. The van der Waals surface area contributed by atoms with Crippen LogP contribution in [-0.4, -0.2) is 38.2 Å². The number of hydrogen-bond acceptors (Lipinski definition) is 5. The first-order valence-electron chi connectivity index (χ1n) is 8.60. The number of hydrogen-bond donors (Lipinski definition) is 1. The second-order valence-corrected chi connectivity index (χ2v) is 6.98. The molecule has 26 heavy (non-hydrogen) atoms. The number of likely N-dealkylation sites (tertiary alicyclic amines) is 1. The number of fused-ring (bicyclic) bond motifs is 2. The molecule has 4 heterocycles. The second kappa shape index (κ2) is 5.69. The van der Waals surface area contributed by atoms with Gasteiger partial charge < -0.3 is 4.74 Å². The highest BCUT2D eigenvalue weighted by Crippen LogP contribution is 2.43. The van der Waals surface area contributed by atoms with Gasteiger partial charge in [0.25, 0.3) is 0 Å². The molecule has 7 heteroatoms. The molecule has 0 unspecified atom stereocenters. The molecule has 3 aromatic rings. The number of nitrogens with one attached hydrogen (secondary N) is 1. The Labute approximate surface area is 150 Å². The zero-order valence-electron chi connectivity index (χ0n) is 14.4. The first kappa shape index (κ1) is 15.6. The Bertz CT molecular complexity index is 962. The van der Waals surface area contributed by atoms with E-state index in [9.17, 15) is 4.39 Å². The standard InChI is InChI=1S/C19H18FN5O/c1-12-21-7-16-17(23-12)9-26-19(16)10-25(11-19)8-14-6-22-24-18(14)13-2-4-15(20)5-3-13/h2-7H,8-11H2,1H3,(H,22,24). The summed E-state index contributed by atoms with van der Waals surface area (Å²) in [5.41, 5.74) is 4.80. The summed E-state index contributed by atoms with van der Waals surface area (Å²) in [4.78, 5) is 11.1. The summed E-state index contributed by atoms with van der Waals surface area (Å²) in [6, 6.07) is 6.45. The maximum atomic E-state index is 13.2. The van der Waals surface area contributed by atoms with E-state index in [1.54, 1.807) is 12.1 Å². The summed E-state index contributed by atoms with van der Waals surface area (Å²) >= 11 is 0. The van der Waals surface area contributed by atoms with Crippen molar-refractivity contribution in [2.45, 2.75) is 25.7 Å². The largest absolute Gasteiger partial charge is 0.361 e. The predicted molar refractivity (Wildman–Crippen MR) is 92.5 cm³/mol. The minimum absolute atomic E-state index is 0.242. The molecule has 0 bridgehead atoms. The molecule has 1 saturated heterocycles. The number of benzene rings is 1. The van der Waals surface area contributed by atoms with E-state index in [-0.39, 0.29) is 11.4 Å². The van der Waals surface area contributed by atoms with Crippen molar-refractivity contribution in [3.8, 4) is 11.3 Å². The van der Waals surface area contributed by atoms with Gasteiger partial charge >= 0.3 is 0 Å². The number of nitrogens with zero attached hydrogens (tertiary/aromatic N) is 4. The Morgan fingerprint density at radius 2 is 2.04 bits per heavy atom. The minimum atomic E-state index is -0.275. The molecule has 2 aliphatic rings. The molecule has 6 nitrogen and oxygen atoms in total. The Morgan fingerprint density at radius 1 is 1.23 bits per heavy atom. The highest BCUT2D eigenvalue weighted by molar-refractivity contribution is 5.62. The van der Waals surface area contributed by atoms with Crippen LogP contribution in [0, 0.1) is 12.7 Å². The molecule has 0 amide bonds.